The van der Waals surface area contributed by atoms with Crippen molar-refractivity contribution in [3.8, 4) is 57.1 Å². The topological polar surface area (TPSA) is 718 Å². The fourth-order valence-corrected chi connectivity index (χ4v) is 17.6. The van der Waals surface area contributed by atoms with Crippen LogP contribution in [-0.2, 0) is 66.8 Å². The van der Waals surface area contributed by atoms with E-state index in [0.29, 0.717) is 6.54 Å². The molecule has 8 aliphatic heterocycles. The number of carbonyl (C=O) groups excluding carboxylic acids is 9. The van der Waals surface area contributed by atoms with Crippen molar-refractivity contribution in [1.82, 2.24) is 53.2 Å². The molecule has 27 atom stereocenters. The highest BCUT2D eigenvalue weighted by Gasteiger charge is 2.54. The number of ether oxygens (including phenoxy) is 8. The first kappa shape index (κ1) is 108. The van der Waals surface area contributed by atoms with Gasteiger partial charge in [0.05, 0.1) is 54.5 Å². The third-order valence-corrected chi connectivity index (χ3v) is 25.5. The first-order chi connectivity index (χ1) is 65.5. The number of primary amides is 1. The quantitative estimate of drug-likeness (QED) is 0.0189. The zero-order chi connectivity index (χ0) is 101. The van der Waals surface area contributed by atoms with Crippen LogP contribution < -0.4 is 73.1 Å². The van der Waals surface area contributed by atoms with E-state index in [1.807, 2.05) is 0 Å². The number of phenolic OH excluding ortho intramolecular Hbond substituents is 3. The molecule has 0 unspecified atom stereocenters. The number of aromatic hydroxyl groups is 3. The Hall–Kier alpha value is -10.1. The molecule has 0 aliphatic carbocycles. The Labute approximate surface area is 801 Å². The number of fused-ring (bicyclic) bond motifs is 15. The maximum Gasteiger partial charge on any atom is 0.251 e. The molecule has 8 heterocycles. The van der Waals surface area contributed by atoms with Gasteiger partial charge in [-0.3, -0.25) is 43.2 Å². The van der Waals surface area contributed by atoms with Crippen LogP contribution in [0.5, 0.6) is 46.0 Å². The Morgan fingerprint density at radius 3 is 1.80 bits per heavy atom. The number of aliphatic hydroxyl groups is 14. The number of benzene rings is 5. The van der Waals surface area contributed by atoms with E-state index in [1.54, 1.807) is 27.7 Å². The highest BCUT2D eigenvalue weighted by atomic mass is 35.5. The van der Waals surface area contributed by atoms with E-state index in [-0.39, 0.29) is 42.1 Å². The minimum absolute atomic E-state index is 0.122. The summed E-state index contributed by atoms with van der Waals surface area (Å²) >= 11 is 14.4. The van der Waals surface area contributed by atoms with Crippen LogP contribution >= 0.6 is 23.2 Å². The standard InChI is InChI=1S/C91H123Cl2N11O34/c1-7-8-9-10-11-12-13-14-24-98-91(5)34-61(131-39(4)80(91)122)136-79-73(118)71(116)59(37-107)135-90(79)138-78-56-29-43-30-57(78)133-55-21-18-42(28-48(55)93)69(114)67-87(129)102-65(83(125)96-22-15-23-97-88(130)75(120)74(119)77(53(111)35-105)137-89-76(121)72(117)70(115)58(36-106)134-89)46-31-44(108)32-52(110)62(46)45-26-40(16-19-51(45)109)63(84(126)104-67)101-85(127)64(43)100-82(124)50(33-60(94)112)99-86(128)66(103-81(123)49(95-6)25-38(2)3)68(113)41-17-20-54(132-56)47(92)27-41/h16-21,26-32,38-39,49-50,53,58-59,61,63-77,79-80,89-90,95,98,105-111,113-122H,7-15,22-25,33-37H2,1-6H3,(H2,94,112)(H,96,125)(H,97,130)(H,99,128)(H,100,124)(H,101,127)(H,102,129)(H,103,123)(H,104,126)/t39-,49+,50-,53+,58-,59+,61-,63+,64+,65-,66+,67-,68+,69+,70+,71+,72+,73-,74+,75+,76-,77+,79+,80+,89+,90-,91-/m0/s1. The molecule has 0 saturated carbocycles. The maximum atomic E-state index is 16.5. The molecule has 5 aromatic rings. The van der Waals surface area contributed by atoms with Gasteiger partial charge in [-0.1, -0.05) is 107 Å². The zero-order valence-electron chi connectivity index (χ0n) is 76.2. The number of unbranched alkanes of at least 4 members (excludes halogenated alkanes) is 7. The van der Waals surface area contributed by atoms with E-state index < -0.39 is 335 Å². The van der Waals surface area contributed by atoms with Gasteiger partial charge in [0.15, 0.2) is 36.3 Å². The molecule has 9 amide bonds. The monoisotopic (exact) mass is 1980 g/mol. The second kappa shape index (κ2) is 48.4. The molecule has 3 fully saturated rings. The zero-order valence-corrected chi connectivity index (χ0v) is 77.7. The van der Waals surface area contributed by atoms with E-state index >= 15 is 28.8 Å². The van der Waals surface area contributed by atoms with Crippen LogP contribution in [0.1, 0.15) is 170 Å². The number of amides is 9. The summed E-state index contributed by atoms with van der Waals surface area (Å²) in [5.74, 6) is -17.5. The third kappa shape index (κ3) is 25.8. The molecule has 8 aliphatic rings. The molecular weight excluding hydrogens is 1860 g/mol. The lowest BCUT2D eigenvalue weighted by atomic mass is 9.84. The van der Waals surface area contributed by atoms with Gasteiger partial charge in [-0.2, -0.15) is 0 Å². The van der Waals surface area contributed by atoms with Crippen LogP contribution in [0.4, 0.5) is 0 Å². The number of nitrogens with two attached hydrogens (primary N) is 1. The Balaban J connectivity index is 1.02. The lowest BCUT2D eigenvalue weighted by molar-refractivity contribution is -0.334. The summed E-state index contributed by atoms with van der Waals surface area (Å²) in [6, 6.07) is -1.24. The second-order valence-corrected chi connectivity index (χ2v) is 36.4. The number of likely N-dealkylation sites (N-methyl/N-ethyl adjacent to an activating group) is 1. The third-order valence-electron chi connectivity index (χ3n) is 24.9. The normalized spacial score (nSPS) is 29.0. The molecule has 5 aromatic carbocycles. The predicted molar refractivity (Wildman–Crippen MR) is 482 cm³/mol. The van der Waals surface area contributed by atoms with Gasteiger partial charge >= 0.3 is 0 Å². The Bertz CT molecular complexity index is 5110. The van der Waals surface area contributed by atoms with Crippen molar-refractivity contribution in [2.45, 2.75) is 276 Å². The van der Waals surface area contributed by atoms with Crippen LogP contribution in [0.3, 0.4) is 0 Å². The van der Waals surface area contributed by atoms with Crippen LogP contribution in [-0.4, -0.2) is 321 Å². The van der Waals surface area contributed by atoms with Crippen molar-refractivity contribution in [1.29, 1.82) is 0 Å². The summed E-state index contributed by atoms with van der Waals surface area (Å²) in [6.07, 6.45) is -29.9. The lowest BCUT2D eigenvalue weighted by Gasteiger charge is -2.48. The number of carbonyl (C=O) groups is 9. The molecule has 47 heteroatoms. The van der Waals surface area contributed by atoms with Crippen molar-refractivity contribution in [2.24, 2.45) is 11.7 Å². The maximum absolute atomic E-state index is 16.5. The van der Waals surface area contributed by atoms with E-state index in [1.165, 1.54) is 19.2 Å². The lowest BCUT2D eigenvalue weighted by Crippen LogP contribution is -2.65. The van der Waals surface area contributed by atoms with Crippen LogP contribution in [0, 0.1) is 5.92 Å². The molecule has 3 saturated heterocycles. The number of nitrogens with one attached hydrogen (secondary N) is 10. The Morgan fingerprint density at radius 1 is 0.601 bits per heavy atom. The summed E-state index contributed by atoms with van der Waals surface area (Å²) < 4.78 is 50.3. The summed E-state index contributed by atoms with van der Waals surface area (Å²) in [7, 11) is 1.46. The van der Waals surface area contributed by atoms with Crippen molar-refractivity contribution >= 4 is 76.4 Å². The van der Waals surface area contributed by atoms with Gasteiger partial charge in [0.1, 0.15) is 138 Å². The summed E-state index contributed by atoms with van der Waals surface area (Å²) in [5, 5.41) is 216. The number of hydrogen-bond donors (Lipinski definition) is 28. The summed E-state index contributed by atoms with van der Waals surface area (Å²) in [5.41, 5.74) is 1.55. The highest BCUT2D eigenvalue weighted by molar-refractivity contribution is 6.32. The van der Waals surface area contributed by atoms with Gasteiger partial charge in [0.2, 0.25) is 59.3 Å². The van der Waals surface area contributed by atoms with Gasteiger partial charge in [0, 0.05) is 42.2 Å². The van der Waals surface area contributed by atoms with E-state index in [4.69, 9.17) is 66.8 Å². The summed E-state index contributed by atoms with van der Waals surface area (Å²) in [6.45, 7) is 5.40. The van der Waals surface area contributed by atoms with Crippen molar-refractivity contribution < 1.29 is 168 Å². The predicted octanol–water partition coefficient (Wildman–Crippen LogP) is -2.32. The largest absolute Gasteiger partial charge is 0.508 e. The van der Waals surface area contributed by atoms with Gasteiger partial charge in [-0.25, -0.2) is 0 Å². The molecule has 13 rings (SSSR count). The Kier molecular flexibility index (Phi) is 37.9. The number of halogens is 2. The van der Waals surface area contributed by atoms with Gasteiger partial charge in [-0.15, -0.1) is 0 Å². The number of phenols is 3. The minimum atomic E-state index is -2.53. The van der Waals surface area contributed by atoms with Crippen molar-refractivity contribution in [2.75, 3.05) is 46.5 Å². The molecule has 0 aromatic heterocycles. The molecule has 0 spiro atoms. The van der Waals surface area contributed by atoms with Crippen LogP contribution in [0.25, 0.3) is 11.1 Å². The molecule has 11 bridgehead atoms. The average Bonchev–Trinajstić information content (AvgIpc) is 0.761. The molecule has 760 valence electrons. The number of rotatable bonds is 35. The van der Waals surface area contributed by atoms with E-state index in [0.717, 1.165) is 118 Å². The van der Waals surface area contributed by atoms with Gasteiger partial charge in [0.25, 0.3) is 5.91 Å². The van der Waals surface area contributed by atoms with E-state index in [9.17, 15) is 101 Å². The fourth-order valence-electron chi connectivity index (χ4n) is 17.2. The first-order valence-corrected chi connectivity index (χ1v) is 46.1. The minimum Gasteiger partial charge on any atom is -0.508 e. The molecule has 45 nitrogen and oxygen atoms in total. The molecule has 138 heavy (non-hydrogen) atoms. The van der Waals surface area contributed by atoms with Crippen LogP contribution in [0.15, 0.2) is 78.9 Å². The van der Waals surface area contributed by atoms with Gasteiger partial charge < -0.3 is 184 Å². The highest BCUT2D eigenvalue weighted by Crippen LogP contribution is 2.50. The van der Waals surface area contributed by atoms with Crippen molar-refractivity contribution in [3.05, 3.63) is 117 Å². The molecule has 29 N–H and O–H groups in total. The van der Waals surface area contributed by atoms with E-state index in [2.05, 4.69) is 60.1 Å². The average molecular weight is 1990 g/mol. The first-order valence-electron chi connectivity index (χ1n) is 45.4. The smallest absolute Gasteiger partial charge is 0.251 e. The fraction of sp³-hybridized carbons (Fsp3) is 0.571. The summed E-state index contributed by atoms with van der Waals surface area (Å²) in [4.78, 5) is 135. The van der Waals surface area contributed by atoms with Crippen molar-refractivity contribution in [3.63, 3.8) is 0 Å². The number of aliphatic hydroxyl groups excluding tert-OH is 14. The number of hydrogen-bond acceptors (Lipinski definition) is 36. The van der Waals surface area contributed by atoms with Crippen LogP contribution in [0.2, 0.25) is 10.0 Å². The SMILES string of the molecule is CCCCCCCCCCN[C@@]1(C)C[C@H](O[C@H]2[C@H](Oc3c4cc5cc3Oc3ccc(cc3Cl)[C@@H](O)[C@@H](NC(=O)[C@@H](CC(C)C)NC)C(=O)N[C@@H](CC(N)=O)C(=O)N[C@H]5C(=O)N[C@H]3C(=O)N[C@H](C(=O)N[C@H](C(=O)NCCCNC(=O)[C@H](O)[C@@H](O)[C@H](O[C@H]5O[C@@H](CO)[C@@H](O)[C@@H](O)[C@@H]5O)[C@H](O)CO)c5cc(O)cc(O)c5-c5cc3ccc5O)[C@H](O)c3ccc(c(Cl)c3)O4)O[C@H](CO)[C@@H](O)[C@@H]2O)O[C@@H](C)[C@H]1O. The van der Waals surface area contributed by atoms with Gasteiger partial charge in [-0.05, 0) is 135 Å². The Morgan fingerprint density at radius 2 is 1.19 bits per heavy atom. The second-order valence-electron chi connectivity index (χ2n) is 35.6. The molecular formula is C91H123Cl2N11O34. The molecule has 0 radical (unpaired) electrons.